The molecule has 0 atom stereocenters. The van der Waals surface area contributed by atoms with Crippen molar-refractivity contribution < 1.29 is 67.1 Å². The van der Waals surface area contributed by atoms with Gasteiger partial charge >= 0.3 is 43.7 Å². The average molecular weight is 200 g/mol. The molecule has 0 aliphatic heterocycles. The van der Waals surface area contributed by atoms with E-state index in [2.05, 4.69) is 11.3 Å². The molecule has 0 unspecified atom stereocenters. The summed E-state index contributed by atoms with van der Waals surface area (Å²) in [4.78, 5) is 30.8. The number of ether oxygens (including phenoxy) is 1. The largest absolute Gasteiger partial charge is 1.00 e. The number of carboxylic acids is 2. The van der Waals surface area contributed by atoms with Crippen LogP contribution in [0.2, 0.25) is 0 Å². The van der Waals surface area contributed by atoms with E-state index in [4.69, 9.17) is 0 Å². The summed E-state index contributed by atoms with van der Waals surface area (Å²) in [6, 6.07) is 0. The molecule has 0 saturated carbocycles. The summed E-state index contributed by atoms with van der Waals surface area (Å²) < 4.78 is 3.97. The Morgan fingerprint density at radius 2 is 1.47 bits per heavy atom. The second-order valence-electron chi connectivity index (χ2n) is 2.20. The van der Waals surface area contributed by atoms with Crippen LogP contribution in [0.5, 0.6) is 0 Å². The van der Waals surface area contributed by atoms with Crippen LogP contribution >= 0.6 is 0 Å². The fraction of sp³-hybridized carbons (Fsp3) is 0.286. The van der Waals surface area contributed by atoms with Gasteiger partial charge in [0.05, 0.1) is 11.9 Å². The third-order valence-corrected chi connectivity index (χ3v) is 1.00. The van der Waals surface area contributed by atoms with E-state index >= 15 is 0 Å². The first-order chi connectivity index (χ1) is 5.86. The second kappa shape index (κ2) is 8.64. The maximum Gasteiger partial charge on any atom is 1.00 e. The minimum Gasteiger partial charge on any atom is -0.546 e. The summed E-state index contributed by atoms with van der Waals surface area (Å²) in [5.41, 5.74) is -0.118. The Bertz CT molecular complexity index is 261. The summed E-state index contributed by atoms with van der Waals surface area (Å²) >= 11 is 0. The van der Waals surface area contributed by atoms with Gasteiger partial charge in [0, 0.05) is 5.57 Å². The maximum atomic E-state index is 10.7. The summed E-state index contributed by atoms with van der Waals surface area (Å²) in [6.45, 7) is 4.37. The van der Waals surface area contributed by atoms with Crippen LogP contribution in [-0.2, 0) is 19.1 Å². The predicted molar refractivity (Wildman–Crippen MR) is 34.7 cm³/mol. The SMILES string of the molecule is C=C(C)C(=O)OC(C(=O)[O-])C(=O)[O-].[Li+].[Li+]. The molecule has 0 saturated heterocycles. The molecule has 0 N–H and O–H groups in total. The number of hydrogen-bond acceptors (Lipinski definition) is 6. The smallest absolute Gasteiger partial charge is 0.546 e. The van der Waals surface area contributed by atoms with E-state index < -0.39 is 24.0 Å². The molecule has 0 aromatic heterocycles. The van der Waals surface area contributed by atoms with Crippen molar-refractivity contribution in [1.82, 2.24) is 0 Å². The third kappa shape index (κ3) is 7.29. The molecule has 0 aromatic carbocycles. The summed E-state index contributed by atoms with van der Waals surface area (Å²) in [6.07, 6.45) is -2.40. The van der Waals surface area contributed by atoms with Gasteiger partial charge in [-0.25, -0.2) is 4.79 Å². The fourth-order valence-corrected chi connectivity index (χ4v) is 0.400. The molecule has 0 heterocycles. The number of esters is 1. The first-order valence-corrected chi connectivity index (χ1v) is 3.14. The molecule has 0 bridgehead atoms. The van der Waals surface area contributed by atoms with Crippen molar-refractivity contribution in [1.29, 1.82) is 0 Å². The number of carbonyl (C=O) groups is 3. The van der Waals surface area contributed by atoms with Crippen LogP contribution in [0.4, 0.5) is 0 Å². The van der Waals surface area contributed by atoms with Gasteiger partial charge in [0.15, 0.2) is 6.10 Å². The average Bonchev–Trinajstić information content (AvgIpc) is 1.97. The zero-order valence-electron chi connectivity index (χ0n) is 8.73. The Labute approximate surface area is 110 Å². The van der Waals surface area contributed by atoms with Crippen molar-refractivity contribution in [3.8, 4) is 0 Å². The zero-order chi connectivity index (χ0) is 10.6. The molecule has 0 aliphatic carbocycles. The minimum atomic E-state index is -2.40. The number of aliphatic carboxylic acids is 2. The van der Waals surface area contributed by atoms with Gasteiger partial charge in [-0.1, -0.05) is 6.58 Å². The molecule has 0 aromatic rings. The van der Waals surface area contributed by atoms with E-state index in [1.165, 1.54) is 6.92 Å². The minimum absolute atomic E-state index is 0. The monoisotopic (exact) mass is 200 g/mol. The Hall–Kier alpha value is -0.655. The van der Waals surface area contributed by atoms with Gasteiger partial charge in [-0.15, -0.1) is 0 Å². The normalized spacial score (nSPS) is 8.13. The van der Waals surface area contributed by atoms with Crippen LogP contribution in [0.1, 0.15) is 6.92 Å². The predicted octanol–water partition coefficient (Wildman–Crippen LogP) is -9.02. The Kier molecular flexibility index (Phi) is 11.4. The fourth-order valence-electron chi connectivity index (χ4n) is 0.400. The topological polar surface area (TPSA) is 107 Å². The molecule has 15 heavy (non-hydrogen) atoms. The Morgan fingerprint density at radius 1 is 1.13 bits per heavy atom. The third-order valence-electron chi connectivity index (χ3n) is 1.00. The van der Waals surface area contributed by atoms with Crippen LogP contribution < -0.4 is 47.9 Å². The van der Waals surface area contributed by atoms with E-state index in [0.29, 0.717) is 0 Å². The molecule has 0 aliphatic rings. The van der Waals surface area contributed by atoms with Crippen LogP contribution in [0.25, 0.3) is 0 Å². The van der Waals surface area contributed by atoms with Gasteiger partial charge in [0.1, 0.15) is 0 Å². The zero-order valence-corrected chi connectivity index (χ0v) is 8.73. The van der Waals surface area contributed by atoms with Crippen molar-refractivity contribution in [3.05, 3.63) is 12.2 Å². The van der Waals surface area contributed by atoms with Gasteiger partial charge in [-0.2, -0.15) is 0 Å². The van der Waals surface area contributed by atoms with Gasteiger partial charge in [-0.3, -0.25) is 0 Å². The van der Waals surface area contributed by atoms with Gasteiger partial charge in [-0.05, 0) is 6.92 Å². The van der Waals surface area contributed by atoms with E-state index in [0.717, 1.165) is 0 Å². The van der Waals surface area contributed by atoms with Crippen LogP contribution in [0.15, 0.2) is 12.2 Å². The van der Waals surface area contributed by atoms with Crippen molar-refractivity contribution in [2.24, 2.45) is 0 Å². The summed E-state index contributed by atoms with van der Waals surface area (Å²) in [5.74, 6) is -5.22. The molecule has 72 valence electrons. The van der Waals surface area contributed by atoms with Crippen LogP contribution in [0.3, 0.4) is 0 Å². The van der Waals surface area contributed by atoms with Gasteiger partial charge in [0.2, 0.25) is 0 Å². The molecule has 0 amide bonds. The van der Waals surface area contributed by atoms with E-state index in [-0.39, 0.29) is 43.3 Å². The van der Waals surface area contributed by atoms with Gasteiger partial charge < -0.3 is 24.5 Å². The standard InChI is InChI=1S/C7H8O6.2Li/c1-3(2)7(12)13-4(5(8)9)6(10)11;;/h4H,1H2,2H3,(H,8,9)(H,10,11);;/q;2*+1/p-2. The van der Waals surface area contributed by atoms with Crippen molar-refractivity contribution in [2.45, 2.75) is 13.0 Å². The second-order valence-corrected chi connectivity index (χ2v) is 2.20. The molecule has 0 fully saturated rings. The quantitative estimate of drug-likeness (QED) is 0.193. The Balaban J connectivity index is -0.000000720. The summed E-state index contributed by atoms with van der Waals surface area (Å²) in [5, 5.41) is 20.1. The first kappa shape index (κ1) is 19.8. The van der Waals surface area contributed by atoms with Crippen molar-refractivity contribution in [3.63, 3.8) is 0 Å². The van der Waals surface area contributed by atoms with Crippen molar-refractivity contribution in [2.75, 3.05) is 0 Å². The van der Waals surface area contributed by atoms with E-state index in [1.807, 2.05) is 0 Å². The molecule has 8 heteroatoms. The van der Waals surface area contributed by atoms with Crippen molar-refractivity contribution >= 4 is 17.9 Å². The van der Waals surface area contributed by atoms with Crippen LogP contribution in [0, 0.1) is 0 Å². The molecule has 0 spiro atoms. The molecule has 6 nitrogen and oxygen atoms in total. The number of carbonyl (C=O) groups excluding carboxylic acids is 3. The molecule has 0 radical (unpaired) electrons. The number of carboxylic acid groups (broad SMARTS) is 2. The summed E-state index contributed by atoms with van der Waals surface area (Å²) in [7, 11) is 0. The van der Waals surface area contributed by atoms with E-state index in [1.54, 1.807) is 0 Å². The van der Waals surface area contributed by atoms with E-state index in [9.17, 15) is 24.6 Å². The number of hydrogen-bond donors (Lipinski definition) is 0. The van der Waals surface area contributed by atoms with Gasteiger partial charge in [0.25, 0.3) is 0 Å². The Morgan fingerprint density at radius 3 is 1.67 bits per heavy atom. The molecular weight excluding hydrogens is 194 g/mol. The maximum absolute atomic E-state index is 10.7. The van der Waals surface area contributed by atoms with Crippen LogP contribution in [-0.4, -0.2) is 24.0 Å². The first-order valence-electron chi connectivity index (χ1n) is 3.14. The number of rotatable bonds is 4. The molecular formula is C7H6Li2O6. The molecule has 0 rings (SSSR count).